The summed E-state index contributed by atoms with van der Waals surface area (Å²) in [5, 5.41) is 13.9. The zero-order chi connectivity index (χ0) is 13.4. The van der Waals surface area contributed by atoms with Gasteiger partial charge in [0.2, 0.25) is 5.96 Å². The SMILES string of the molecule is Cl.Cl.N=C(N)c1cccc2c1CCC2=NN1CCN=C1N. The third kappa shape index (κ3) is 3.11. The first-order valence-electron chi connectivity index (χ1n) is 6.28. The predicted octanol–water partition coefficient (Wildman–Crippen LogP) is 1.09. The molecule has 0 aromatic heterocycles. The molecule has 0 spiro atoms. The molecule has 0 fully saturated rings. The van der Waals surface area contributed by atoms with E-state index in [0.29, 0.717) is 12.5 Å². The number of benzene rings is 1. The molecule has 2 aliphatic rings. The third-order valence-corrected chi connectivity index (χ3v) is 3.48. The Morgan fingerprint density at radius 1 is 1.29 bits per heavy atom. The Labute approximate surface area is 135 Å². The molecule has 1 heterocycles. The highest BCUT2D eigenvalue weighted by Gasteiger charge is 2.23. The number of hydrazone groups is 1. The molecule has 0 bridgehead atoms. The Morgan fingerprint density at radius 2 is 2.05 bits per heavy atom. The number of nitrogens with one attached hydrogen (secondary N) is 1. The molecular weight excluding hydrogens is 311 g/mol. The van der Waals surface area contributed by atoms with Crippen molar-refractivity contribution in [2.24, 2.45) is 21.6 Å². The van der Waals surface area contributed by atoms with Gasteiger partial charge in [-0.1, -0.05) is 18.2 Å². The first-order chi connectivity index (χ1) is 9.16. The number of nitrogens with two attached hydrogens (primary N) is 2. The molecule has 0 amide bonds. The number of aliphatic imine (C=N–C) groups is 1. The second kappa shape index (κ2) is 6.78. The summed E-state index contributed by atoms with van der Waals surface area (Å²) in [4.78, 5) is 4.12. The van der Waals surface area contributed by atoms with Crippen molar-refractivity contribution < 1.29 is 0 Å². The van der Waals surface area contributed by atoms with E-state index in [1.807, 2.05) is 18.2 Å². The van der Waals surface area contributed by atoms with Gasteiger partial charge in [0.25, 0.3) is 0 Å². The number of nitrogen functional groups attached to an aromatic ring is 1. The van der Waals surface area contributed by atoms with Gasteiger partial charge in [0.15, 0.2) is 0 Å². The third-order valence-electron chi connectivity index (χ3n) is 3.48. The number of hydrogen-bond donors (Lipinski definition) is 3. The van der Waals surface area contributed by atoms with Crippen molar-refractivity contribution in [1.29, 1.82) is 5.41 Å². The minimum atomic E-state index is 0. The van der Waals surface area contributed by atoms with Crippen LogP contribution >= 0.6 is 24.8 Å². The Bertz CT molecular complexity index is 611. The molecule has 114 valence electrons. The number of rotatable bonds is 2. The molecule has 1 aromatic rings. The molecule has 8 heteroatoms. The van der Waals surface area contributed by atoms with Crippen molar-refractivity contribution >= 4 is 42.3 Å². The predicted molar refractivity (Wildman–Crippen MR) is 90.0 cm³/mol. The van der Waals surface area contributed by atoms with E-state index in [1.54, 1.807) is 5.01 Å². The van der Waals surface area contributed by atoms with E-state index in [9.17, 15) is 0 Å². The zero-order valence-electron chi connectivity index (χ0n) is 11.4. The molecule has 3 rings (SSSR count). The first kappa shape index (κ1) is 17.3. The lowest BCUT2D eigenvalue weighted by atomic mass is 10.0. The van der Waals surface area contributed by atoms with E-state index >= 15 is 0 Å². The lowest BCUT2D eigenvalue weighted by molar-refractivity contribution is 0.483. The standard InChI is InChI=1S/C13H16N6.2ClH/c14-12(15)10-3-1-2-9-8(10)4-5-11(9)18-19-7-6-17-13(19)16;;/h1-3H,4-7H2,(H3,14,15)(H2,16,17);2*1H. The van der Waals surface area contributed by atoms with Crippen LogP contribution in [-0.4, -0.2) is 35.6 Å². The number of halogens is 2. The summed E-state index contributed by atoms with van der Waals surface area (Å²) in [6.07, 6.45) is 1.72. The fourth-order valence-electron chi connectivity index (χ4n) is 2.56. The summed E-state index contributed by atoms with van der Waals surface area (Å²) in [5.74, 6) is 0.587. The molecule has 6 nitrogen and oxygen atoms in total. The average Bonchev–Trinajstić information content (AvgIpc) is 2.97. The zero-order valence-corrected chi connectivity index (χ0v) is 13.0. The summed E-state index contributed by atoms with van der Waals surface area (Å²) in [7, 11) is 0. The van der Waals surface area contributed by atoms with Crippen LogP contribution < -0.4 is 11.5 Å². The van der Waals surface area contributed by atoms with E-state index in [1.165, 1.54) is 0 Å². The number of guanidine groups is 1. The maximum absolute atomic E-state index is 7.61. The molecule has 0 saturated carbocycles. The van der Waals surface area contributed by atoms with Crippen molar-refractivity contribution in [3.63, 3.8) is 0 Å². The molecule has 0 saturated heterocycles. The van der Waals surface area contributed by atoms with E-state index in [4.69, 9.17) is 16.9 Å². The number of fused-ring (bicyclic) bond motifs is 1. The summed E-state index contributed by atoms with van der Waals surface area (Å²) >= 11 is 0. The van der Waals surface area contributed by atoms with Crippen LogP contribution in [0, 0.1) is 5.41 Å². The maximum atomic E-state index is 7.61. The average molecular weight is 329 g/mol. The monoisotopic (exact) mass is 328 g/mol. The first-order valence-corrected chi connectivity index (χ1v) is 6.28. The molecule has 21 heavy (non-hydrogen) atoms. The topological polar surface area (TPSA) is 104 Å². The fourth-order valence-corrected chi connectivity index (χ4v) is 2.56. The molecule has 1 aromatic carbocycles. The van der Waals surface area contributed by atoms with E-state index in [2.05, 4.69) is 10.1 Å². The van der Waals surface area contributed by atoms with Crippen LogP contribution in [0.2, 0.25) is 0 Å². The highest BCUT2D eigenvalue weighted by Crippen LogP contribution is 2.26. The van der Waals surface area contributed by atoms with Gasteiger partial charge in [0, 0.05) is 11.1 Å². The Balaban J connectivity index is 0.00000110. The van der Waals surface area contributed by atoms with Gasteiger partial charge < -0.3 is 11.5 Å². The van der Waals surface area contributed by atoms with Crippen molar-refractivity contribution in [1.82, 2.24) is 5.01 Å². The van der Waals surface area contributed by atoms with E-state index in [-0.39, 0.29) is 30.6 Å². The Morgan fingerprint density at radius 3 is 2.67 bits per heavy atom. The van der Waals surface area contributed by atoms with Gasteiger partial charge in [-0.05, 0) is 18.4 Å². The van der Waals surface area contributed by atoms with Gasteiger partial charge in [-0.2, -0.15) is 5.10 Å². The highest BCUT2D eigenvalue weighted by atomic mass is 35.5. The molecule has 1 aliphatic heterocycles. The van der Waals surface area contributed by atoms with Crippen molar-refractivity contribution in [3.05, 3.63) is 34.9 Å². The maximum Gasteiger partial charge on any atom is 0.212 e. The molecule has 0 radical (unpaired) electrons. The van der Waals surface area contributed by atoms with Gasteiger partial charge in [-0.25, -0.2) is 10.0 Å². The van der Waals surface area contributed by atoms with Crippen molar-refractivity contribution in [2.75, 3.05) is 13.1 Å². The van der Waals surface area contributed by atoms with Crippen LogP contribution in [0.15, 0.2) is 28.3 Å². The lowest BCUT2D eigenvalue weighted by Gasteiger charge is -2.12. The summed E-state index contributed by atoms with van der Waals surface area (Å²) < 4.78 is 0. The van der Waals surface area contributed by atoms with Gasteiger partial charge in [-0.15, -0.1) is 24.8 Å². The highest BCUT2D eigenvalue weighted by molar-refractivity contribution is 6.08. The van der Waals surface area contributed by atoms with Gasteiger partial charge >= 0.3 is 0 Å². The van der Waals surface area contributed by atoms with Crippen molar-refractivity contribution in [3.8, 4) is 0 Å². The number of amidine groups is 1. The molecule has 0 unspecified atom stereocenters. The molecule has 1 aliphatic carbocycles. The summed E-state index contributed by atoms with van der Waals surface area (Å²) in [5.41, 5.74) is 15.4. The quantitative estimate of drug-likeness (QED) is 0.559. The minimum Gasteiger partial charge on any atom is -0.384 e. The second-order valence-corrected chi connectivity index (χ2v) is 4.66. The van der Waals surface area contributed by atoms with Crippen LogP contribution in [0.25, 0.3) is 0 Å². The normalized spacial score (nSPS) is 17.8. The van der Waals surface area contributed by atoms with Gasteiger partial charge in [-0.3, -0.25) is 5.41 Å². The van der Waals surface area contributed by atoms with Crippen LogP contribution in [0.4, 0.5) is 0 Å². The molecular formula is C13H18Cl2N6. The van der Waals surface area contributed by atoms with Crippen LogP contribution in [-0.2, 0) is 6.42 Å². The second-order valence-electron chi connectivity index (χ2n) is 4.66. The summed E-state index contributed by atoms with van der Waals surface area (Å²) in [6, 6.07) is 5.82. The molecule has 0 atom stereocenters. The van der Waals surface area contributed by atoms with E-state index < -0.39 is 0 Å². The Hall–Kier alpha value is -1.79. The smallest absolute Gasteiger partial charge is 0.212 e. The van der Waals surface area contributed by atoms with Crippen molar-refractivity contribution in [2.45, 2.75) is 12.8 Å². The fraction of sp³-hybridized carbons (Fsp3) is 0.308. The Kier molecular flexibility index (Phi) is 5.57. The molecule has 5 N–H and O–H groups in total. The lowest BCUT2D eigenvalue weighted by Crippen LogP contribution is -2.30. The number of nitrogens with zero attached hydrogens (tertiary/aromatic N) is 3. The van der Waals surface area contributed by atoms with Gasteiger partial charge in [0.1, 0.15) is 5.84 Å². The van der Waals surface area contributed by atoms with Crippen LogP contribution in [0.5, 0.6) is 0 Å². The largest absolute Gasteiger partial charge is 0.384 e. The van der Waals surface area contributed by atoms with E-state index in [0.717, 1.165) is 41.8 Å². The minimum absolute atomic E-state index is 0. The summed E-state index contributed by atoms with van der Waals surface area (Å²) in [6.45, 7) is 1.43. The van der Waals surface area contributed by atoms with Gasteiger partial charge in [0.05, 0.1) is 18.8 Å². The van der Waals surface area contributed by atoms with Crippen LogP contribution in [0.3, 0.4) is 0 Å². The van der Waals surface area contributed by atoms with Crippen LogP contribution in [0.1, 0.15) is 23.1 Å². The number of hydrogen-bond acceptors (Lipinski definition) is 5.